The number of carbonyl (C=O) groups excluding carboxylic acids is 1. The fourth-order valence-electron chi connectivity index (χ4n) is 2.82. The van der Waals surface area contributed by atoms with E-state index in [1.165, 1.54) is 12.1 Å². The Morgan fingerprint density at radius 3 is 2.96 bits per heavy atom. The molecule has 1 unspecified atom stereocenters. The minimum atomic E-state index is -0.264. The van der Waals surface area contributed by atoms with E-state index in [4.69, 9.17) is 0 Å². The smallest absolute Gasteiger partial charge is 0.233 e. The molecule has 23 heavy (non-hydrogen) atoms. The molecule has 1 aliphatic heterocycles. The SMILES string of the molecule is CC(C)CN1C(=O)CSC1c1cnccc1-c1cccc(F)c1. The summed E-state index contributed by atoms with van der Waals surface area (Å²) < 4.78 is 13.6. The van der Waals surface area contributed by atoms with Gasteiger partial charge in [0, 0.05) is 24.5 Å². The topological polar surface area (TPSA) is 33.2 Å². The second-order valence-corrected chi connectivity index (χ2v) is 7.15. The molecule has 0 saturated carbocycles. The Bertz CT molecular complexity index is 720. The van der Waals surface area contributed by atoms with Gasteiger partial charge >= 0.3 is 0 Å². The van der Waals surface area contributed by atoms with Crippen LogP contribution in [0.25, 0.3) is 11.1 Å². The third kappa shape index (κ3) is 3.39. The number of nitrogens with zero attached hydrogens (tertiary/aromatic N) is 2. The molecule has 1 aromatic heterocycles. The Morgan fingerprint density at radius 2 is 2.22 bits per heavy atom. The van der Waals surface area contributed by atoms with E-state index in [1.807, 2.05) is 17.0 Å². The number of thioether (sulfide) groups is 1. The predicted octanol–water partition coefficient (Wildman–Crippen LogP) is 4.12. The highest BCUT2D eigenvalue weighted by Crippen LogP contribution is 2.42. The molecule has 1 amide bonds. The van der Waals surface area contributed by atoms with E-state index in [1.54, 1.807) is 30.2 Å². The maximum Gasteiger partial charge on any atom is 0.233 e. The first-order valence-corrected chi connectivity index (χ1v) is 8.72. The Labute approximate surface area is 139 Å². The summed E-state index contributed by atoms with van der Waals surface area (Å²) in [6.07, 6.45) is 3.50. The number of rotatable bonds is 4. The van der Waals surface area contributed by atoms with Gasteiger partial charge < -0.3 is 4.90 Å². The third-order valence-corrected chi connectivity index (χ3v) is 5.02. The minimum Gasteiger partial charge on any atom is -0.325 e. The minimum absolute atomic E-state index is 0.0585. The van der Waals surface area contributed by atoms with Crippen molar-refractivity contribution in [3.63, 3.8) is 0 Å². The first-order valence-electron chi connectivity index (χ1n) is 7.67. The number of hydrogen-bond donors (Lipinski definition) is 0. The Hall–Kier alpha value is -1.88. The van der Waals surface area contributed by atoms with Crippen LogP contribution in [0.2, 0.25) is 0 Å². The summed E-state index contributed by atoms with van der Waals surface area (Å²) in [4.78, 5) is 18.4. The van der Waals surface area contributed by atoms with Crippen molar-refractivity contribution in [1.29, 1.82) is 0 Å². The number of benzene rings is 1. The van der Waals surface area contributed by atoms with Crippen LogP contribution in [0.5, 0.6) is 0 Å². The molecule has 1 aliphatic rings. The highest BCUT2D eigenvalue weighted by molar-refractivity contribution is 8.00. The molecule has 3 rings (SSSR count). The van der Waals surface area contributed by atoms with Gasteiger partial charge in [-0.15, -0.1) is 11.8 Å². The summed E-state index contributed by atoms with van der Waals surface area (Å²) in [5.41, 5.74) is 2.71. The molecule has 0 aliphatic carbocycles. The summed E-state index contributed by atoms with van der Waals surface area (Å²) in [7, 11) is 0. The van der Waals surface area contributed by atoms with Crippen molar-refractivity contribution in [2.45, 2.75) is 19.2 Å². The quantitative estimate of drug-likeness (QED) is 0.845. The van der Waals surface area contributed by atoms with Gasteiger partial charge in [0.25, 0.3) is 0 Å². The average Bonchev–Trinajstić information content (AvgIpc) is 2.88. The molecule has 1 atom stereocenters. The molecule has 0 N–H and O–H groups in total. The van der Waals surface area contributed by atoms with Gasteiger partial charge in [-0.3, -0.25) is 9.78 Å². The maximum absolute atomic E-state index is 13.6. The maximum atomic E-state index is 13.6. The van der Waals surface area contributed by atoms with Crippen LogP contribution in [0.15, 0.2) is 42.7 Å². The molecule has 0 radical (unpaired) electrons. The highest BCUT2D eigenvalue weighted by atomic mass is 32.2. The number of hydrogen-bond acceptors (Lipinski definition) is 3. The molecule has 120 valence electrons. The lowest BCUT2D eigenvalue weighted by atomic mass is 10.0. The summed E-state index contributed by atoms with van der Waals surface area (Å²) in [6.45, 7) is 4.92. The van der Waals surface area contributed by atoms with Crippen LogP contribution in [-0.2, 0) is 4.79 Å². The van der Waals surface area contributed by atoms with Gasteiger partial charge in [0.05, 0.1) is 5.75 Å². The van der Waals surface area contributed by atoms with E-state index in [2.05, 4.69) is 18.8 Å². The average molecular weight is 330 g/mol. The zero-order chi connectivity index (χ0) is 16.4. The van der Waals surface area contributed by atoms with Crippen LogP contribution in [0, 0.1) is 11.7 Å². The van der Waals surface area contributed by atoms with Gasteiger partial charge in [0.15, 0.2) is 0 Å². The Morgan fingerprint density at radius 1 is 1.39 bits per heavy atom. The molecule has 5 heteroatoms. The number of carbonyl (C=O) groups is 1. The van der Waals surface area contributed by atoms with E-state index in [0.717, 1.165) is 16.7 Å². The molecule has 0 bridgehead atoms. The molecule has 1 aromatic carbocycles. The van der Waals surface area contributed by atoms with Crippen molar-refractivity contribution < 1.29 is 9.18 Å². The molecule has 1 fully saturated rings. The van der Waals surface area contributed by atoms with Crippen LogP contribution >= 0.6 is 11.8 Å². The van der Waals surface area contributed by atoms with Crippen LogP contribution in [-0.4, -0.2) is 28.1 Å². The zero-order valence-electron chi connectivity index (χ0n) is 13.2. The van der Waals surface area contributed by atoms with Gasteiger partial charge in [-0.2, -0.15) is 0 Å². The summed E-state index contributed by atoms with van der Waals surface area (Å²) in [6, 6.07) is 8.43. The lowest BCUT2D eigenvalue weighted by Crippen LogP contribution is -2.31. The molecule has 2 heterocycles. The van der Waals surface area contributed by atoms with Crippen molar-refractivity contribution in [2.24, 2.45) is 5.92 Å². The van der Waals surface area contributed by atoms with E-state index in [9.17, 15) is 9.18 Å². The molecule has 3 nitrogen and oxygen atoms in total. The van der Waals surface area contributed by atoms with Gasteiger partial charge in [0.2, 0.25) is 5.91 Å². The van der Waals surface area contributed by atoms with E-state index < -0.39 is 0 Å². The lowest BCUT2D eigenvalue weighted by molar-refractivity contribution is -0.128. The second-order valence-electron chi connectivity index (χ2n) is 6.08. The van der Waals surface area contributed by atoms with Crippen molar-refractivity contribution in [3.05, 3.63) is 54.1 Å². The van der Waals surface area contributed by atoms with Crippen LogP contribution < -0.4 is 0 Å². The highest BCUT2D eigenvalue weighted by Gasteiger charge is 2.34. The first kappa shape index (κ1) is 16.0. The molecule has 2 aromatic rings. The molecular formula is C18H19FN2OS. The van der Waals surface area contributed by atoms with E-state index in [0.29, 0.717) is 18.2 Å². The molecule has 1 saturated heterocycles. The van der Waals surface area contributed by atoms with Gasteiger partial charge in [-0.05, 0) is 35.2 Å². The molecular weight excluding hydrogens is 311 g/mol. The number of aromatic nitrogens is 1. The zero-order valence-corrected chi connectivity index (χ0v) is 14.0. The fourth-order valence-corrected chi connectivity index (χ4v) is 4.04. The fraction of sp³-hybridized carbons (Fsp3) is 0.333. The monoisotopic (exact) mass is 330 g/mol. The van der Waals surface area contributed by atoms with Crippen molar-refractivity contribution in [1.82, 2.24) is 9.88 Å². The lowest BCUT2D eigenvalue weighted by Gasteiger charge is -2.27. The predicted molar refractivity (Wildman–Crippen MR) is 91.4 cm³/mol. The number of halogens is 1. The standard InChI is InChI=1S/C18H19FN2OS/c1-12(2)10-21-17(22)11-23-18(21)16-9-20-7-6-15(16)13-4-3-5-14(19)8-13/h3-9,12,18H,10-11H2,1-2H3. The third-order valence-electron chi connectivity index (χ3n) is 3.78. The normalized spacial score (nSPS) is 18.0. The number of pyridine rings is 1. The number of amides is 1. The largest absolute Gasteiger partial charge is 0.325 e. The van der Waals surface area contributed by atoms with Crippen LogP contribution in [0.1, 0.15) is 24.8 Å². The Kier molecular flexibility index (Phi) is 4.66. The van der Waals surface area contributed by atoms with E-state index in [-0.39, 0.29) is 17.1 Å². The second kappa shape index (κ2) is 6.71. The van der Waals surface area contributed by atoms with Gasteiger partial charge in [0.1, 0.15) is 11.2 Å². The summed E-state index contributed by atoms with van der Waals surface area (Å²) in [5.74, 6) is 0.770. The summed E-state index contributed by atoms with van der Waals surface area (Å²) in [5, 5.41) is -0.0585. The van der Waals surface area contributed by atoms with Crippen LogP contribution in [0.4, 0.5) is 4.39 Å². The molecule has 0 spiro atoms. The van der Waals surface area contributed by atoms with Gasteiger partial charge in [-0.1, -0.05) is 26.0 Å². The van der Waals surface area contributed by atoms with Gasteiger partial charge in [-0.25, -0.2) is 4.39 Å². The first-order chi connectivity index (χ1) is 11.1. The van der Waals surface area contributed by atoms with Crippen molar-refractivity contribution in [2.75, 3.05) is 12.3 Å². The van der Waals surface area contributed by atoms with E-state index >= 15 is 0 Å². The summed E-state index contributed by atoms with van der Waals surface area (Å²) >= 11 is 1.61. The van der Waals surface area contributed by atoms with Crippen molar-refractivity contribution in [3.8, 4) is 11.1 Å². The van der Waals surface area contributed by atoms with Crippen LogP contribution in [0.3, 0.4) is 0 Å². The van der Waals surface area contributed by atoms with Crippen molar-refractivity contribution >= 4 is 17.7 Å². The Balaban J connectivity index is 2.02.